The zero-order valence-corrected chi connectivity index (χ0v) is 15.8. The zero-order valence-electron chi connectivity index (χ0n) is 15.8. The SMILES string of the molecule is CC(O)CN=C1NC2C(C(=O)NC(=O)N2C)N1Cc1cccc2ccccc12. The number of aliphatic hydroxyl groups is 1. The largest absolute Gasteiger partial charge is 0.391 e. The molecule has 0 spiro atoms. The van der Waals surface area contributed by atoms with Crippen LogP contribution in [0.2, 0.25) is 0 Å². The second kappa shape index (κ2) is 7.12. The van der Waals surface area contributed by atoms with Crippen LogP contribution in [0.1, 0.15) is 12.5 Å². The minimum absolute atomic E-state index is 0.201. The summed E-state index contributed by atoms with van der Waals surface area (Å²) in [6, 6.07) is 13.1. The third kappa shape index (κ3) is 3.16. The van der Waals surface area contributed by atoms with Crippen LogP contribution < -0.4 is 10.6 Å². The highest BCUT2D eigenvalue weighted by Gasteiger charge is 2.49. The summed E-state index contributed by atoms with van der Waals surface area (Å²) < 4.78 is 0. The first-order valence-corrected chi connectivity index (χ1v) is 9.25. The van der Waals surface area contributed by atoms with Crippen molar-refractivity contribution in [1.82, 2.24) is 20.4 Å². The van der Waals surface area contributed by atoms with E-state index in [9.17, 15) is 14.7 Å². The third-order valence-corrected chi connectivity index (χ3v) is 5.15. The van der Waals surface area contributed by atoms with E-state index in [1.165, 1.54) is 4.90 Å². The molecule has 0 aromatic heterocycles. The Labute approximate surface area is 162 Å². The van der Waals surface area contributed by atoms with Gasteiger partial charge in [0.1, 0.15) is 6.17 Å². The maximum Gasteiger partial charge on any atom is 0.325 e. The summed E-state index contributed by atoms with van der Waals surface area (Å²) in [5.74, 6) is 0.142. The molecule has 2 aromatic carbocycles. The molecule has 3 unspecified atom stereocenters. The van der Waals surface area contributed by atoms with E-state index in [-0.39, 0.29) is 12.5 Å². The molecule has 2 aliphatic heterocycles. The summed E-state index contributed by atoms with van der Waals surface area (Å²) in [4.78, 5) is 32.4. The number of aliphatic hydroxyl groups excluding tert-OH is 1. The second-order valence-electron chi connectivity index (χ2n) is 7.22. The predicted molar refractivity (Wildman–Crippen MR) is 105 cm³/mol. The monoisotopic (exact) mass is 381 g/mol. The number of guanidine groups is 1. The Morgan fingerprint density at radius 3 is 2.71 bits per heavy atom. The summed E-state index contributed by atoms with van der Waals surface area (Å²) >= 11 is 0. The normalized spacial score (nSPS) is 24.3. The van der Waals surface area contributed by atoms with Crippen LogP contribution in [0.15, 0.2) is 47.5 Å². The maximum atomic E-state index is 12.6. The van der Waals surface area contributed by atoms with Gasteiger partial charge in [0, 0.05) is 13.6 Å². The Balaban J connectivity index is 1.73. The number of nitrogens with zero attached hydrogens (tertiary/aromatic N) is 3. The van der Waals surface area contributed by atoms with Gasteiger partial charge >= 0.3 is 6.03 Å². The number of fused-ring (bicyclic) bond motifs is 2. The minimum Gasteiger partial charge on any atom is -0.391 e. The van der Waals surface area contributed by atoms with E-state index in [1.807, 2.05) is 41.3 Å². The molecule has 3 atom stereocenters. The lowest BCUT2D eigenvalue weighted by molar-refractivity contribution is -0.127. The Bertz CT molecular complexity index is 953. The molecule has 4 rings (SSSR count). The molecule has 28 heavy (non-hydrogen) atoms. The summed E-state index contributed by atoms with van der Waals surface area (Å²) in [6.45, 7) is 2.31. The molecule has 0 aliphatic carbocycles. The molecule has 8 heteroatoms. The first kappa shape index (κ1) is 18.2. The predicted octanol–water partition coefficient (Wildman–Crippen LogP) is 0.858. The number of benzene rings is 2. The minimum atomic E-state index is -0.607. The van der Waals surface area contributed by atoms with Crippen LogP contribution in [-0.2, 0) is 11.3 Å². The van der Waals surface area contributed by atoms with Crippen molar-refractivity contribution in [2.24, 2.45) is 4.99 Å². The smallest absolute Gasteiger partial charge is 0.325 e. The number of nitrogens with one attached hydrogen (secondary N) is 2. The fourth-order valence-corrected chi connectivity index (χ4v) is 3.73. The topological polar surface area (TPSA) is 97.3 Å². The molecule has 146 valence electrons. The number of rotatable bonds is 4. The van der Waals surface area contributed by atoms with Crippen molar-refractivity contribution in [2.45, 2.75) is 31.8 Å². The van der Waals surface area contributed by atoms with E-state index in [1.54, 1.807) is 14.0 Å². The molecule has 2 fully saturated rings. The average molecular weight is 381 g/mol. The Morgan fingerprint density at radius 2 is 1.93 bits per heavy atom. The lowest BCUT2D eigenvalue weighted by atomic mass is 10.0. The number of carbonyl (C=O) groups is 2. The van der Waals surface area contributed by atoms with Gasteiger partial charge in [-0.15, -0.1) is 0 Å². The average Bonchev–Trinajstić information content (AvgIpc) is 3.04. The fraction of sp³-hybridized carbons (Fsp3) is 0.350. The molecule has 2 heterocycles. The molecule has 3 N–H and O–H groups in total. The van der Waals surface area contributed by atoms with E-state index in [2.05, 4.69) is 21.7 Å². The maximum absolute atomic E-state index is 12.6. The Morgan fingerprint density at radius 1 is 1.18 bits per heavy atom. The van der Waals surface area contributed by atoms with Crippen molar-refractivity contribution in [3.8, 4) is 0 Å². The first-order valence-electron chi connectivity index (χ1n) is 9.25. The lowest BCUT2D eigenvalue weighted by Crippen LogP contribution is -2.64. The highest BCUT2D eigenvalue weighted by atomic mass is 16.3. The van der Waals surface area contributed by atoms with Gasteiger partial charge in [-0.3, -0.25) is 15.1 Å². The van der Waals surface area contributed by atoms with E-state index < -0.39 is 24.3 Å². The van der Waals surface area contributed by atoms with Crippen LogP contribution in [-0.4, -0.2) is 64.7 Å². The number of carbonyl (C=O) groups excluding carboxylic acids is 2. The molecule has 0 radical (unpaired) electrons. The van der Waals surface area contributed by atoms with Crippen LogP contribution in [0.4, 0.5) is 4.79 Å². The molecular weight excluding hydrogens is 358 g/mol. The van der Waals surface area contributed by atoms with Crippen LogP contribution >= 0.6 is 0 Å². The highest BCUT2D eigenvalue weighted by molar-refractivity contribution is 6.04. The lowest BCUT2D eigenvalue weighted by Gasteiger charge is -2.35. The number of likely N-dealkylation sites (N-methyl/N-ethyl adjacent to an activating group) is 1. The van der Waals surface area contributed by atoms with E-state index >= 15 is 0 Å². The van der Waals surface area contributed by atoms with Gasteiger partial charge in [-0.25, -0.2) is 4.79 Å². The number of aliphatic imine (C=N–C) groups is 1. The van der Waals surface area contributed by atoms with Gasteiger partial charge in [-0.05, 0) is 23.3 Å². The number of imide groups is 1. The van der Waals surface area contributed by atoms with Gasteiger partial charge in [0.25, 0.3) is 5.91 Å². The number of urea groups is 1. The van der Waals surface area contributed by atoms with Gasteiger partial charge in [0.05, 0.1) is 12.6 Å². The molecule has 2 aromatic rings. The number of hydrogen-bond donors (Lipinski definition) is 3. The molecule has 2 aliphatic rings. The quantitative estimate of drug-likeness (QED) is 0.730. The van der Waals surface area contributed by atoms with Gasteiger partial charge in [0.2, 0.25) is 0 Å². The molecule has 0 saturated carbocycles. The van der Waals surface area contributed by atoms with Crippen LogP contribution in [0.3, 0.4) is 0 Å². The standard InChI is InChI=1S/C20H23N5O3/c1-12(26)10-21-19-22-17-16(18(27)23-20(28)24(17)2)25(19)11-14-8-5-7-13-6-3-4-9-15(13)14/h3-9,12,16-17,26H,10-11H2,1-2H3,(H,21,22)(H,23,27,28). The molecule has 0 bridgehead atoms. The Kier molecular flexibility index (Phi) is 4.64. The highest BCUT2D eigenvalue weighted by Crippen LogP contribution is 2.26. The number of hydrogen-bond acceptors (Lipinski definition) is 4. The van der Waals surface area contributed by atoms with Crippen molar-refractivity contribution < 1.29 is 14.7 Å². The van der Waals surface area contributed by atoms with Gasteiger partial charge in [-0.1, -0.05) is 42.5 Å². The molecule has 8 nitrogen and oxygen atoms in total. The summed E-state index contributed by atoms with van der Waals surface area (Å²) in [5, 5.41) is 17.4. The zero-order chi connectivity index (χ0) is 19.8. The number of amides is 3. The summed E-state index contributed by atoms with van der Waals surface area (Å²) in [5.41, 5.74) is 1.05. The summed E-state index contributed by atoms with van der Waals surface area (Å²) in [7, 11) is 1.64. The van der Waals surface area contributed by atoms with Crippen LogP contribution in [0.5, 0.6) is 0 Å². The van der Waals surface area contributed by atoms with E-state index in [0.717, 1.165) is 16.3 Å². The van der Waals surface area contributed by atoms with Crippen LogP contribution in [0, 0.1) is 0 Å². The van der Waals surface area contributed by atoms with Crippen molar-refractivity contribution in [1.29, 1.82) is 0 Å². The van der Waals surface area contributed by atoms with Crippen molar-refractivity contribution in [3.63, 3.8) is 0 Å². The van der Waals surface area contributed by atoms with Crippen molar-refractivity contribution >= 4 is 28.7 Å². The molecular formula is C20H23N5O3. The van der Waals surface area contributed by atoms with Crippen LogP contribution in [0.25, 0.3) is 10.8 Å². The first-order chi connectivity index (χ1) is 13.5. The van der Waals surface area contributed by atoms with E-state index in [4.69, 9.17) is 0 Å². The second-order valence-corrected chi connectivity index (χ2v) is 7.22. The van der Waals surface area contributed by atoms with Crippen molar-refractivity contribution in [3.05, 3.63) is 48.0 Å². The third-order valence-electron chi connectivity index (χ3n) is 5.15. The van der Waals surface area contributed by atoms with Crippen molar-refractivity contribution in [2.75, 3.05) is 13.6 Å². The molecule has 3 amide bonds. The van der Waals surface area contributed by atoms with E-state index in [0.29, 0.717) is 12.5 Å². The van der Waals surface area contributed by atoms with Gasteiger partial charge in [0.15, 0.2) is 12.0 Å². The Hall–Kier alpha value is -3.13. The van der Waals surface area contributed by atoms with Gasteiger partial charge in [-0.2, -0.15) is 0 Å². The molecule has 2 saturated heterocycles. The fourth-order valence-electron chi connectivity index (χ4n) is 3.73. The van der Waals surface area contributed by atoms with Gasteiger partial charge < -0.3 is 20.2 Å². The summed E-state index contributed by atoms with van der Waals surface area (Å²) in [6.07, 6.45) is -1.12.